The Kier molecular flexibility index (Phi) is 3.99. The smallest absolute Gasteiger partial charge is 0.345 e. The van der Waals surface area contributed by atoms with Crippen LogP contribution in [0.3, 0.4) is 0 Å². The predicted octanol–water partition coefficient (Wildman–Crippen LogP) is 3.59. The molecule has 0 saturated heterocycles. The molecule has 1 N–H and O–H groups in total. The molecule has 4 heteroatoms. The SMILES string of the molecule is CCc1ccc(OCc2csc(C(=O)O)c2)cc1. The number of thiophene rings is 1. The van der Waals surface area contributed by atoms with Crippen LogP contribution >= 0.6 is 11.3 Å². The molecule has 1 aromatic carbocycles. The van der Waals surface area contributed by atoms with E-state index >= 15 is 0 Å². The first-order chi connectivity index (χ1) is 8.69. The second kappa shape index (κ2) is 5.69. The van der Waals surface area contributed by atoms with E-state index in [1.165, 1.54) is 16.9 Å². The molecule has 0 unspecified atom stereocenters. The third-order valence-electron chi connectivity index (χ3n) is 2.60. The van der Waals surface area contributed by atoms with Crippen LogP contribution in [0.4, 0.5) is 0 Å². The highest BCUT2D eigenvalue weighted by molar-refractivity contribution is 7.12. The van der Waals surface area contributed by atoms with Gasteiger partial charge in [0.2, 0.25) is 0 Å². The predicted molar refractivity (Wildman–Crippen MR) is 71.4 cm³/mol. The summed E-state index contributed by atoms with van der Waals surface area (Å²) < 4.78 is 5.60. The largest absolute Gasteiger partial charge is 0.489 e. The Labute approximate surface area is 110 Å². The second-order valence-corrected chi connectivity index (χ2v) is 4.82. The fraction of sp³-hybridized carbons (Fsp3) is 0.214. The average molecular weight is 262 g/mol. The molecule has 1 heterocycles. The zero-order valence-electron chi connectivity index (χ0n) is 10.1. The molecular weight excluding hydrogens is 248 g/mol. The van der Waals surface area contributed by atoms with Gasteiger partial charge >= 0.3 is 5.97 Å². The fourth-order valence-electron chi connectivity index (χ4n) is 1.55. The van der Waals surface area contributed by atoms with Gasteiger partial charge in [0.25, 0.3) is 0 Å². The van der Waals surface area contributed by atoms with Crippen LogP contribution in [0.2, 0.25) is 0 Å². The second-order valence-electron chi connectivity index (χ2n) is 3.91. The fourth-order valence-corrected chi connectivity index (χ4v) is 2.29. The van der Waals surface area contributed by atoms with E-state index in [0.29, 0.717) is 11.5 Å². The van der Waals surface area contributed by atoms with Gasteiger partial charge in [0, 0.05) is 5.56 Å². The van der Waals surface area contributed by atoms with Gasteiger partial charge in [-0.25, -0.2) is 4.79 Å². The lowest BCUT2D eigenvalue weighted by Crippen LogP contribution is -1.95. The molecule has 2 rings (SSSR count). The van der Waals surface area contributed by atoms with Crippen LogP contribution in [0.1, 0.15) is 27.7 Å². The Hall–Kier alpha value is -1.81. The Morgan fingerprint density at radius 3 is 2.56 bits per heavy atom. The molecule has 3 nitrogen and oxygen atoms in total. The van der Waals surface area contributed by atoms with Crippen molar-refractivity contribution in [3.63, 3.8) is 0 Å². The summed E-state index contributed by atoms with van der Waals surface area (Å²) in [5.41, 5.74) is 2.16. The van der Waals surface area contributed by atoms with Crippen LogP contribution in [0.5, 0.6) is 5.75 Å². The minimum absolute atomic E-state index is 0.343. The van der Waals surface area contributed by atoms with Crippen LogP contribution in [0, 0.1) is 0 Å². The molecule has 0 radical (unpaired) electrons. The molecule has 0 aliphatic carbocycles. The maximum absolute atomic E-state index is 10.7. The molecule has 0 aliphatic heterocycles. The van der Waals surface area contributed by atoms with Crippen molar-refractivity contribution in [2.75, 3.05) is 0 Å². The van der Waals surface area contributed by atoms with E-state index in [4.69, 9.17) is 9.84 Å². The number of aryl methyl sites for hydroxylation is 1. The quantitative estimate of drug-likeness (QED) is 0.895. The van der Waals surface area contributed by atoms with Crippen LogP contribution in [-0.2, 0) is 13.0 Å². The molecule has 1 aromatic heterocycles. The van der Waals surface area contributed by atoms with Gasteiger partial charge in [-0.05, 0) is 35.6 Å². The zero-order valence-corrected chi connectivity index (χ0v) is 10.9. The maximum atomic E-state index is 10.7. The lowest BCUT2D eigenvalue weighted by Gasteiger charge is -2.05. The van der Waals surface area contributed by atoms with Gasteiger partial charge < -0.3 is 9.84 Å². The van der Waals surface area contributed by atoms with E-state index in [1.54, 1.807) is 6.07 Å². The number of hydrogen-bond acceptors (Lipinski definition) is 3. The summed E-state index contributed by atoms with van der Waals surface area (Å²) in [5, 5.41) is 10.6. The van der Waals surface area contributed by atoms with Crippen molar-refractivity contribution in [3.8, 4) is 5.75 Å². The molecule has 2 aromatic rings. The zero-order chi connectivity index (χ0) is 13.0. The van der Waals surface area contributed by atoms with Crippen molar-refractivity contribution >= 4 is 17.3 Å². The lowest BCUT2D eigenvalue weighted by molar-refractivity contribution is 0.0702. The minimum atomic E-state index is -0.890. The van der Waals surface area contributed by atoms with E-state index in [-0.39, 0.29) is 0 Å². The third-order valence-corrected chi connectivity index (χ3v) is 3.57. The highest BCUT2D eigenvalue weighted by Gasteiger charge is 2.06. The molecule has 0 fully saturated rings. The Bertz CT molecular complexity index is 528. The summed E-state index contributed by atoms with van der Waals surface area (Å²) in [6.45, 7) is 2.50. The van der Waals surface area contributed by atoms with Gasteiger partial charge in [-0.15, -0.1) is 11.3 Å². The molecule has 0 atom stereocenters. The Morgan fingerprint density at radius 1 is 1.28 bits per heavy atom. The normalized spacial score (nSPS) is 10.3. The van der Waals surface area contributed by atoms with E-state index in [1.807, 2.05) is 29.6 Å². The van der Waals surface area contributed by atoms with Crippen LogP contribution in [0.15, 0.2) is 35.7 Å². The molecule has 0 spiro atoms. The first-order valence-electron chi connectivity index (χ1n) is 5.71. The summed E-state index contributed by atoms with van der Waals surface area (Å²) in [6.07, 6.45) is 1.01. The molecule has 94 valence electrons. The van der Waals surface area contributed by atoms with Crippen LogP contribution < -0.4 is 4.74 Å². The summed E-state index contributed by atoms with van der Waals surface area (Å²) >= 11 is 1.22. The van der Waals surface area contributed by atoms with Crippen molar-refractivity contribution in [2.24, 2.45) is 0 Å². The molecular formula is C14H14O3S. The highest BCUT2D eigenvalue weighted by Crippen LogP contribution is 2.18. The van der Waals surface area contributed by atoms with Gasteiger partial charge in [0.15, 0.2) is 0 Å². The summed E-state index contributed by atoms with van der Waals surface area (Å²) in [6, 6.07) is 9.58. The van der Waals surface area contributed by atoms with E-state index in [2.05, 4.69) is 6.92 Å². The van der Waals surface area contributed by atoms with E-state index < -0.39 is 5.97 Å². The van der Waals surface area contributed by atoms with Crippen LogP contribution in [-0.4, -0.2) is 11.1 Å². The van der Waals surface area contributed by atoms with Crippen LogP contribution in [0.25, 0.3) is 0 Å². The van der Waals surface area contributed by atoms with Gasteiger partial charge in [0.05, 0.1) is 0 Å². The Balaban J connectivity index is 1.95. The highest BCUT2D eigenvalue weighted by atomic mass is 32.1. The summed E-state index contributed by atoms with van der Waals surface area (Å²) in [7, 11) is 0. The molecule has 18 heavy (non-hydrogen) atoms. The standard InChI is InChI=1S/C14H14O3S/c1-2-10-3-5-12(6-4-10)17-8-11-7-13(14(15)16)18-9-11/h3-7,9H,2,8H2,1H3,(H,15,16). The van der Waals surface area contributed by atoms with E-state index in [0.717, 1.165) is 17.7 Å². The molecule has 0 amide bonds. The van der Waals surface area contributed by atoms with Crippen molar-refractivity contribution in [3.05, 3.63) is 51.7 Å². The maximum Gasteiger partial charge on any atom is 0.345 e. The lowest BCUT2D eigenvalue weighted by atomic mass is 10.2. The van der Waals surface area contributed by atoms with Crippen molar-refractivity contribution in [1.29, 1.82) is 0 Å². The van der Waals surface area contributed by atoms with Crippen molar-refractivity contribution in [2.45, 2.75) is 20.0 Å². The number of aromatic carboxylic acids is 1. The number of benzene rings is 1. The van der Waals surface area contributed by atoms with Crippen molar-refractivity contribution in [1.82, 2.24) is 0 Å². The van der Waals surface area contributed by atoms with Crippen molar-refractivity contribution < 1.29 is 14.6 Å². The van der Waals surface area contributed by atoms with Gasteiger partial charge in [0.1, 0.15) is 17.2 Å². The molecule has 0 saturated carbocycles. The van der Waals surface area contributed by atoms with E-state index in [9.17, 15) is 4.79 Å². The minimum Gasteiger partial charge on any atom is -0.489 e. The number of carboxylic acids is 1. The molecule has 0 bridgehead atoms. The third kappa shape index (κ3) is 3.11. The number of carbonyl (C=O) groups is 1. The Morgan fingerprint density at radius 2 is 2.00 bits per heavy atom. The summed E-state index contributed by atoms with van der Waals surface area (Å²) in [4.78, 5) is 11.1. The number of hydrogen-bond donors (Lipinski definition) is 1. The number of ether oxygens (including phenoxy) is 1. The average Bonchev–Trinajstić information content (AvgIpc) is 2.86. The summed E-state index contributed by atoms with van der Waals surface area (Å²) in [5.74, 6) is -0.0891. The van der Waals surface area contributed by atoms with Gasteiger partial charge in [-0.3, -0.25) is 0 Å². The first-order valence-corrected chi connectivity index (χ1v) is 6.59. The number of carboxylic acid groups (broad SMARTS) is 1. The topological polar surface area (TPSA) is 46.5 Å². The van der Waals surface area contributed by atoms with Gasteiger partial charge in [-0.1, -0.05) is 19.1 Å². The molecule has 0 aliphatic rings. The monoisotopic (exact) mass is 262 g/mol. The first kappa shape index (κ1) is 12.6. The van der Waals surface area contributed by atoms with Gasteiger partial charge in [-0.2, -0.15) is 0 Å². The number of rotatable bonds is 5.